The first-order valence-electron chi connectivity index (χ1n) is 10.4. The lowest BCUT2D eigenvalue weighted by molar-refractivity contribution is -0.121. The standard InChI is InChI=1S/C19H39BN3O4PS/c1-5-29-15-18(26)22-19(2,3)10-13-27-20(4)11-9-17(25)21-12-7-6-8-16(14-24)23-28/h14,16,23H,5-13,15,28H2,1-4H3,(H,21,25)(H,22,26)/t16-/m0/s1. The Labute approximate surface area is 183 Å². The first kappa shape index (κ1) is 28.4. The predicted molar refractivity (Wildman–Crippen MR) is 126 cm³/mol. The summed E-state index contributed by atoms with van der Waals surface area (Å²) < 4.78 is 5.81. The molecule has 0 rings (SSSR count). The minimum Gasteiger partial charge on any atom is -0.436 e. The van der Waals surface area contributed by atoms with Gasteiger partial charge in [-0.25, -0.2) is 0 Å². The van der Waals surface area contributed by atoms with Crippen molar-refractivity contribution in [3.05, 3.63) is 0 Å². The molecule has 0 aliphatic rings. The van der Waals surface area contributed by atoms with Crippen LogP contribution in [0.3, 0.4) is 0 Å². The molecule has 0 fully saturated rings. The van der Waals surface area contributed by atoms with Gasteiger partial charge in [-0.2, -0.15) is 11.8 Å². The lowest BCUT2D eigenvalue weighted by atomic mass is 9.66. The van der Waals surface area contributed by atoms with E-state index in [0.29, 0.717) is 31.6 Å². The summed E-state index contributed by atoms with van der Waals surface area (Å²) in [5.74, 6) is 1.49. The highest BCUT2D eigenvalue weighted by atomic mass is 32.2. The van der Waals surface area contributed by atoms with E-state index >= 15 is 0 Å². The highest BCUT2D eigenvalue weighted by Gasteiger charge is 2.21. The van der Waals surface area contributed by atoms with Crippen LogP contribution < -0.4 is 15.7 Å². The minimum absolute atomic E-state index is 0.00984. The Bertz CT molecular complexity index is 486. The first-order valence-corrected chi connectivity index (χ1v) is 12.2. The maximum Gasteiger partial charge on any atom is 0.290 e. The number of aldehydes is 1. The minimum atomic E-state index is -0.308. The van der Waals surface area contributed by atoms with Gasteiger partial charge in [0.05, 0.1) is 11.8 Å². The number of nitrogens with one attached hydrogen (secondary N) is 3. The van der Waals surface area contributed by atoms with E-state index in [1.807, 2.05) is 27.6 Å². The fraction of sp³-hybridized carbons (Fsp3) is 0.842. The van der Waals surface area contributed by atoms with E-state index in [9.17, 15) is 14.4 Å². The summed E-state index contributed by atoms with van der Waals surface area (Å²) in [5, 5.41) is 8.80. The third-order valence-corrected chi connectivity index (χ3v) is 5.77. The summed E-state index contributed by atoms with van der Waals surface area (Å²) in [6.45, 7) is 9.15. The number of amides is 2. The molecule has 0 saturated carbocycles. The molecule has 0 aromatic heterocycles. The topological polar surface area (TPSA) is 96.5 Å². The van der Waals surface area contributed by atoms with Crippen molar-refractivity contribution < 1.29 is 19.0 Å². The second-order valence-corrected chi connectivity index (χ2v) is 9.40. The van der Waals surface area contributed by atoms with Crippen molar-refractivity contribution in [2.45, 2.75) is 77.6 Å². The van der Waals surface area contributed by atoms with Gasteiger partial charge in [0.15, 0.2) is 0 Å². The van der Waals surface area contributed by atoms with Crippen molar-refractivity contribution in [2.75, 3.05) is 24.7 Å². The second kappa shape index (κ2) is 17.1. The third kappa shape index (κ3) is 16.8. The summed E-state index contributed by atoms with van der Waals surface area (Å²) in [7, 11) is 2.35. The number of carbonyl (C=O) groups excluding carboxylic acids is 3. The van der Waals surface area contributed by atoms with Gasteiger partial charge in [-0.1, -0.05) is 23.1 Å². The molecule has 0 bridgehead atoms. The molecule has 0 heterocycles. The highest BCUT2D eigenvalue weighted by molar-refractivity contribution is 7.99. The van der Waals surface area contributed by atoms with Gasteiger partial charge in [-0.3, -0.25) is 14.7 Å². The van der Waals surface area contributed by atoms with Crippen LogP contribution in [0.5, 0.6) is 0 Å². The molecule has 1 unspecified atom stereocenters. The monoisotopic (exact) mass is 447 g/mol. The predicted octanol–water partition coefficient (Wildman–Crippen LogP) is 2.29. The average Bonchev–Trinajstić information content (AvgIpc) is 2.67. The third-order valence-electron chi connectivity index (χ3n) is 4.46. The average molecular weight is 447 g/mol. The molecule has 168 valence electrons. The maximum absolute atomic E-state index is 11.9. The Balaban J connectivity index is 3.81. The van der Waals surface area contributed by atoms with E-state index in [2.05, 4.69) is 25.1 Å². The van der Waals surface area contributed by atoms with Gasteiger partial charge in [0, 0.05) is 25.1 Å². The number of hydrogen-bond donors (Lipinski definition) is 3. The molecule has 2 atom stereocenters. The molecule has 10 heteroatoms. The van der Waals surface area contributed by atoms with Crippen molar-refractivity contribution in [3.8, 4) is 0 Å². The molecular weight excluding hydrogens is 408 g/mol. The van der Waals surface area contributed by atoms with Crippen LogP contribution in [0, 0.1) is 0 Å². The second-order valence-electron chi connectivity index (χ2n) is 7.79. The van der Waals surface area contributed by atoms with Crippen LogP contribution in [-0.2, 0) is 19.0 Å². The Morgan fingerprint density at radius 1 is 1.28 bits per heavy atom. The summed E-state index contributed by atoms with van der Waals surface area (Å²) >= 11 is 1.61. The summed E-state index contributed by atoms with van der Waals surface area (Å²) in [5.41, 5.74) is -0.308. The fourth-order valence-corrected chi connectivity index (χ4v) is 3.31. The lowest BCUT2D eigenvalue weighted by Crippen LogP contribution is -2.45. The van der Waals surface area contributed by atoms with Gasteiger partial charge in [-0.05, 0) is 51.6 Å². The largest absolute Gasteiger partial charge is 0.436 e. The van der Waals surface area contributed by atoms with Crippen LogP contribution in [0.2, 0.25) is 13.1 Å². The molecule has 0 aromatic carbocycles. The zero-order valence-electron chi connectivity index (χ0n) is 18.4. The summed E-state index contributed by atoms with van der Waals surface area (Å²) in [6, 6.07) is -0.137. The van der Waals surface area contributed by atoms with Crippen molar-refractivity contribution in [3.63, 3.8) is 0 Å². The fourth-order valence-electron chi connectivity index (χ4n) is 2.60. The Morgan fingerprint density at radius 2 is 2.00 bits per heavy atom. The van der Waals surface area contributed by atoms with E-state index in [1.165, 1.54) is 0 Å². The Morgan fingerprint density at radius 3 is 2.62 bits per heavy atom. The molecule has 0 spiro atoms. The zero-order valence-corrected chi connectivity index (χ0v) is 20.4. The quantitative estimate of drug-likeness (QED) is 0.129. The van der Waals surface area contributed by atoms with Gasteiger partial charge in [0.1, 0.15) is 6.29 Å². The molecule has 0 saturated heterocycles. The van der Waals surface area contributed by atoms with E-state index < -0.39 is 0 Å². The van der Waals surface area contributed by atoms with Crippen LogP contribution in [0.25, 0.3) is 0 Å². The molecule has 2 amide bonds. The van der Waals surface area contributed by atoms with Gasteiger partial charge in [0.2, 0.25) is 11.8 Å². The molecule has 29 heavy (non-hydrogen) atoms. The lowest BCUT2D eigenvalue weighted by Gasteiger charge is -2.26. The van der Waals surface area contributed by atoms with Gasteiger partial charge in [-0.15, -0.1) is 0 Å². The first-order chi connectivity index (χ1) is 13.7. The number of rotatable bonds is 18. The number of thioether (sulfide) groups is 1. The van der Waals surface area contributed by atoms with E-state index in [0.717, 1.165) is 37.7 Å². The number of hydrogen-bond acceptors (Lipinski definition) is 6. The molecular formula is C19H39BN3O4PS. The van der Waals surface area contributed by atoms with Crippen molar-refractivity contribution in [1.82, 2.24) is 15.7 Å². The van der Waals surface area contributed by atoms with E-state index in [1.54, 1.807) is 11.8 Å². The Kier molecular flexibility index (Phi) is 16.7. The molecule has 0 aliphatic heterocycles. The molecule has 0 aliphatic carbocycles. The smallest absolute Gasteiger partial charge is 0.290 e. The van der Waals surface area contributed by atoms with Crippen molar-refractivity contribution >= 4 is 46.2 Å². The molecule has 7 nitrogen and oxygen atoms in total. The summed E-state index contributed by atoms with van der Waals surface area (Å²) in [6.07, 6.45) is 5.21. The zero-order chi connectivity index (χ0) is 22.1. The van der Waals surface area contributed by atoms with E-state index in [4.69, 9.17) is 4.65 Å². The van der Waals surface area contributed by atoms with E-state index in [-0.39, 0.29) is 30.3 Å². The highest BCUT2D eigenvalue weighted by Crippen LogP contribution is 2.11. The summed E-state index contributed by atoms with van der Waals surface area (Å²) in [4.78, 5) is 34.5. The van der Waals surface area contributed by atoms with Crippen LogP contribution >= 0.6 is 21.2 Å². The van der Waals surface area contributed by atoms with Crippen molar-refractivity contribution in [1.29, 1.82) is 0 Å². The number of unbranched alkanes of at least 4 members (excludes halogenated alkanes) is 1. The maximum atomic E-state index is 11.9. The SMILES string of the molecule is CCSCC(=O)NC(C)(C)CCOB(C)CCC(=O)NCCCC[C@@H](C=O)NP. The Hall–Kier alpha value is -0.625. The van der Waals surface area contributed by atoms with Crippen LogP contribution in [0.15, 0.2) is 0 Å². The molecule has 3 N–H and O–H groups in total. The van der Waals surface area contributed by atoms with Crippen LogP contribution in [0.4, 0.5) is 0 Å². The van der Waals surface area contributed by atoms with Crippen LogP contribution in [0.1, 0.15) is 52.9 Å². The van der Waals surface area contributed by atoms with Gasteiger partial charge >= 0.3 is 0 Å². The van der Waals surface area contributed by atoms with Gasteiger partial charge < -0.3 is 20.1 Å². The van der Waals surface area contributed by atoms with Gasteiger partial charge in [0.25, 0.3) is 6.92 Å². The number of carbonyl (C=O) groups is 3. The van der Waals surface area contributed by atoms with Crippen molar-refractivity contribution in [2.24, 2.45) is 0 Å². The van der Waals surface area contributed by atoms with Crippen LogP contribution in [-0.4, -0.2) is 61.3 Å². The normalized spacial score (nSPS) is 12.3. The molecule has 0 aromatic rings. The molecule has 0 radical (unpaired) electrons.